The zero-order valence-electron chi connectivity index (χ0n) is 11.1. The maximum Gasteiger partial charge on any atom is 0.157 e. The Bertz CT molecular complexity index is 347. The highest BCUT2D eigenvalue weighted by Crippen LogP contribution is 2.14. The molecule has 1 aliphatic heterocycles. The standard InChI is InChI=1S/C15H21BrO3/c16-14-7-5-13(6-8-14)12-17-9-3-11-19-15-4-1-2-10-18-15/h5-8,15H,1-4,9-12H2. The van der Waals surface area contributed by atoms with Gasteiger partial charge in [-0.05, 0) is 43.4 Å². The number of benzene rings is 1. The van der Waals surface area contributed by atoms with Crippen molar-refractivity contribution in [3.05, 3.63) is 34.3 Å². The molecule has 0 bridgehead atoms. The van der Waals surface area contributed by atoms with Gasteiger partial charge < -0.3 is 14.2 Å². The first kappa shape index (κ1) is 15.0. The predicted molar refractivity (Wildman–Crippen MR) is 78.0 cm³/mol. The van der Waals surface area contributed by atoms with Crippen molar-refractivity contribution in [2.45, 2.75) is 38.6 Å². The second kappa shape index (κ2) is 8.69. The van der Waals surface area contributed by atoms with Crippen molar-refractivity contribution in [3.8, 4) is 0 Å². The van der Waals surface area contributed by atoms with Gasteiger partial charge in [0, 0.05) is 17.7 Å². The van der Waals surface area contributed by atoms with Gasteiger partial charge in [0.25, 0.3) is 0 Å². The molecule has 1 aromatic rings. The van der Waals surface area contributed by atoms with E-state index in [2.05, 4.69) is 28.1 Å². The van der Waals surface area contributed by atoms with Crippen LogP contribution in [0.5, 0.6) is 0 Å². The monoisotopic (exact) mass is 328 g/mol. The zero-order valence-corrected chi connectivity index (χ0v) is 12.7. The third-order valence-corrected chi connectivity index (χ3v) is 3.59. The summed E-state index contributed by atoms with van der Waals surface area (Å²) in [6, 6.07) is 8.19. The Balaban J connectivity index is 1.49. The highest BCUT2D eigenvalue weighted by Gasteiger charge is 2.13. The van der Waals surface area contributed by atoms with Crippen LogP contribution < -0.4 is 0 Å². The number of rotatable bonds is 7. The minimum atomic E-state index is 0.0141. The molecule has 1 atom stereocenters. The Kier molecular flexibility index (Phi) is 6.85. The molecular weight excluding hydrogens is 308 g/mol. The molecule has 0 aliphatic carbocycles. The smallest absolute Gasteiger partial charge is 0.157 e. The van der Waals surface area contributed by atoms with Gasteiger partial charge in [-0.2, -0.15) is 0 Å². The molecule has 3 nitrogen and oxygen atoms in total. The maximum absolute atomic E-state index is 5.64. The van der Waals surface area contributed by atoms with Crippen LogP contribution in [0.15, 0.2) is 28.7 Å². The van der Waals surface area contributed by atoms with Crippen LogP contribution in [0.25, 0.3) is 0 Å². The van der Waals surface area contributed by atoms with E-state index in [1.807, 2.05) is 12.1 Å². The minimum absolute atomic E-state index is 0.0141. The third-order valence-electron chi connectivity index (χ3n) is 3.06. The lowest BCUT2D eigenvalue weighted by molar-refractivity contribution is -0.164. The first-order chi connectivity index (χ1) is 9.34. The van der Waals surface area contributed by atoms with Crippen LogP contribution in [0.1, 0.15) is 31.2 Å². The van der Waals surface area contributed by atoms with Gasteiger partial charge in [0.15, 0.2) is 6.29 Å². The fourth-order valence-corrected chi connectivity index (χ4v) is 2.25. The second-order valence-electron chi connectivity index (χ2n) is 4.70. The van der Waals surface area contributed by atoms with Gasteiger partial charge in [0.2, 0.25) is 0 Å². The van der Waals surface area contributed by atoms with Crippen molar-refractivity contribution in [2.75, 3.05) is 19.8 Å². The quantitative estimate of drug-likeness (QED) is 0.710. The highest BCUT2D eigenvalue weighted by molar-refractivity contribution is 9.10. The Hall–Kier alpha value is -0.420. The summed E-state index contributed by atoms with van der Waals surface area (Å²) >= 11 is 3.42. The molecule has 0 aromatic heterocycles. The van der Waals surface area contributed by atoms with Gasteiger partial charge in [0.1, 0.15) is 0 Å². The van der Waals surface area contributed by atoms with Crippen molar-refractivity contribution < 1.29 is 14.2 Å². The van der Waals surface area contributed by atoms with E-state index in [9.17, 15) is 0 Å². The molecule has 19 heavy (non-hydrogen) atoms. The van der Waals surface area contributed by atoms with Crippen molar-refractivity contribution >= 4 is 15.9 Å². The molecule has 4 heteroatoms. The summed E-state index contributed by atoms with van der Waals surface area (Å²) in [5, 5.41) is 0. The first-order valence-electron chi connectivity index (χ1n) is 6.90. The molecular formula is C15H21BrO3. The Labute approximate surface area is 123 Å². The lowest BCUT2D eigenvalue weighted by Gasteiger charge is -2.22. The van der Waals surface area contributed by atoms with E-state index in [-0.39, 0.29) is 6.29 Å². The molecule has 0 saturated carbocycles. The van der Waals surface area contributed by atoms with Crippen LogP contribution >= 0.6 is 15.9 Å². The molecule has 1 aromatic carbocycles. The van der Waals surface area contributed by atoms with Gasteiger partial charge in [-0.15, -0.1) is 0 Å². The summed E-state index contributed by atoms with van der Waals surface area (Å²) < 4.78 is 17.8. The largest absolute Gasteiger partial charge is 0.377 e. The summed E-state index contributed by atoms with van der Waals surface area (Å²) in [4.78, 5) is 0. The van der Waals surface area contributed by atoms with E-state index in [0.29, 0.717) is 13.2 Å². The number of hydrogen-bond acceptors (Lipinski definition) is 3. The molecule has 1 heterocycles. The SMILES string of the molecule is Brc1ccc(COCCCOC2CCCCO2)cc1. The average molecular weight is 329 g/mol. The van der Waals surface area contributed by atoms with E-state index >= 15 is 0 Å². The third kappa shape index (κ3) is 6.04. The highest BCUT2D eigenvalue weighted by atomic mass is 79.9. The molecule has 1 saturated heterocycles. The summed E-state index contributed by atoms with van der Waals surface area (Å²) in [5.74, 6) is 0. The van der Waals surface area contributed by atoms with Crippen LogP contribution in [-0.4, -0.2) is 26.1 Å². The molecule has 1 unspecified atom stereocenters. The lowest BCUT2D eigenvalue weighted by atomic mass is 10.2. The predicted octanol–water partition coefficient (Wildman–Crippen LogP) is 3.90. The Morgan fingerprint density at radius 1 is 1.16 bits per heavy atom. The maximum atomic E-state index is 5.64. The number of ether oxygens (including phenoxy) is 3. The van der Waals surface area contributed by atoms with Crippen LogP contribution in [-0.2, 0) is 20.8 Å². The Morgan fingerprint density at radius 2 is 2.00 bits per heavy atom. The van der Waals surface area contributed by atoms with Crippen molar-refractivity contribution in [1.29, 1.82) is 0 Å². The van der Waals surface area contributed by atoms with E-state index in [1.54, 1.807) is 0 Å². The molecule has 0 spiro atoms. The van der Waals surface area contributed by atoms with Gasteiger partial charge in [-0.25, -0.2) is 0 Å². The van der Waals surface area contributed by atoms with E-state index in [0.717, 1.165) is 36.9 Å². The molecule has 1 aliphatic rings. The fourth-order valence-electron chi connectivity index (χ4n) is 1.99. The van der Waals surface area contributed by atoms with Crippen LogP contribution in [0, 0.1) is 0 Å². The normalized spacial score (nSPS) is 19.5. The molecule has 0 N–H and O–H groups in total. The van der Waals surface area contributed by atoms with Crippen molar-refractivity contribution in [2.24, 2.45) is 0 Å². The minimum Gasteiger partial charge on any atom is -0.377 e. The fraction of sp³-hybridized carbons (Fsp3) is 0.600. The van der Waals surface area contributed by atoms with Crippen molar-refractivity contribution in [3.63, 3.8) is 0 Å². The van der Waals surface area contributed by atoms with E-state index in [4.69, 9.17) is 14.2 Å². The van der Waals surface area contributed by atoms with E-state index < -0.39 is 0 Å². The zero-order chi connectivity index (χ0) is 13.3. The summed E-state index contributed by atoms with van der Waals surface area (Å²) in [6.45, 7) is 2.94. The first-order valence-corrected chi connectivity index (χ1v) is 7.69. The molecule has 0 radical (unpaired) electrons. The van der Waals surface area contributed by atoms with Gasteiger partial charge in [-0.3, -0.25) is 0 Å². The van der Waals surface area contributed by atoms with Crippen molar-refractivity contribution in [1.82, 2.24) is 0 Å². The topological polar surface area (TPSA) is 27.7 Å². The van der Waals surface area contributed by atoms with Crippen LogP contribution in [0.4, 0.5) is 0 Å². The average Bonchev–Trinajstić information content (AvgIpc) is 2.46. The Morgan fingerprint density at radius 3 is 2.74 bits per heavy atom. The van der Waals surface area contributed by atoms with Gasteiger partial charge in [0.05, 0.1) is 13.2 Å². The molecule has 2 rings (SSSR count). The lowest BCUT2D eigenvalue weighted by Crippen LogP contribution is -2.23. The van der Waals surface area contributed by atoms with Gasteiger partial charge >= 0.3 is 0 Å². The summed E-state index contributed by atoms with van der Waals surface area (Å²) in [5.41, 5.74) is 1.19. The summed E-state index contributed by atoms with van der Waals surface area (Å²) in [6.07, 6.45) is 4.33. The summed E-state index contributed by atoms with van der Waals surface area (Å²) in [7, 11) is 0. The second-order valence-corrected chi connectivity index (χ2v) is 5.62. The molecule has 1 fully saturated rings. The van der Waals surface area contributed by atoms with E-state index in [1.165, 1.54) is 12.0 Å². The van der Waals surface area contributed by atoms with Crippen LogP contribution in [0.2, 0.25) is 0 Å². The molecule has 0 amide bonds. The number of hydrogen-bond donors (Lipinski definition) is 0. The van der Waals surface area contributed by atoms with Crippen LogP contribution in [0.3, 0.4) is 0 Å². The van der Waals surface area contributed by atoms with Gasteiger partial charge in [-0.1, -0.05) is 28.1 Å². The number of halogens is 1. The molecule has 106 valence electrons.